The molecule has 1 rings (SSSR count). The quantitative estimate of drug-likeness (QED) is 0.485. The van der Waals surface area contributed by atoms with Crippen LogP contribution in [0.5, 0.6) is 0 Å². The van der Waals surface area contributed by atoms with Gasteiger partial charge in [0, 0.05) is 12.1 Å². The zero-order chi connectivity index (χ0) is 17.2. The number of halogens is 1. The lowest BCUT2D eigenvalue weighted by Gasteiger charge is -2.11. The van der Waals surface area contributed by atoms with Crippen LogP contribution in [0, 0.1) is 5.82 Å². The molecular formula is C15H20FN3O4. The maximum Gasteiger partial charge on any atom is 0.322 e. The van der Waals surface area contributed by atoms with Crippen molar-refractivity contribution in [1.29, 1.82) is 0 Å². The van der Waals surface area contributed by atoms with Gasteiger partial charge in [0.2, 0.25) is 5.91 Å². The normalized spacial score (nSPS) is 11.6. The monoisotopic (exact) mass is 325 g/mol. The van der Waals surface area contributed by atoms with Crippen LogP contribution in [0.3, 0.4) is 0 Å². The second-order valence-corrected chi connectivity index (χ2v) is 4.98. The molecule has 0 spiro atoms. The third kappa shape index (κ3) is 7.37. The molecule has 0 aliphatic carbocycles. The van der Waals surface area contributed by atoms with Gasteiger partial charge in [0.15, 0.2) is 0 Å². The Morgan fingerprint density at radius 2 is 1.78 bits per heavy atom. The lowest BCUT2D eigenvalue weighted by atomic mass is 10.1. The number of carbonyl (C=O) groups excluding carboxylic acids is 2. The molecule has 0 bridgehead atoms. The van der Waals surface area contributed by atoms with Gasteiger partial charge in [-0.2, -0.15) is 0 Å². The Morgan fingerprint density at radius 3 is 2.39 bits per heavy atom. The van der Waals surface area contributed by atoms with Crippen molar-refractivity contribution in [3.05, 3.63) is 35.6 Å². The summed E-state index contributed by atoms with van der Waals surface area (Å²) in [5.41, 5.74) is 5.99. The van der Waals surface area contributed by atoms with Crippen LogP contribution in [0.2, 0.25) is 0 Å². The Bertz CT molecular complexity index is 548. The first-order chi connectivity index (χ1) is 10.9. The Balaban J connectivity index is 2.17. The fourth-order valence-electron chi connectivity index (χ4n) is 1.82. The number of carboxylic acids is 1. The molecule has 0 radical (unpaired) electrons. The number of unbranched alkanes of at least 4 members (excludes halogenated alkanes) is 1. The first-order valence-corrected chi connectivity index (χ1v) is 7.19. The van der Waals surface area contributed by atoms with E-state index >= 15 is 0 Å². The van der Waals surface area contributed by atoms with E-state index in [-0.39, 0.29) is 5.91 Å². The van der Waals surface area contributed by atoms with E-state index in [2.05, 4.69) is 10.6 Å². The summed E-state index contributed by atoms with van der Waals surface area (Å²) >= 11 is 0. The highest BCUT2D eigenvalue weighted by Crippen LogP contribution is 2.03. The summed E-state index contributed by atoms with van der Waals surface area (Å²) in [5.74, 6) is -2.35. The summed E-state index contributed by atoms with van der Waals surface area (Å²) in [6.07, 6.45) is 1.61. The third-order valence-electron chi connectivity index (χ3n) is 3.08. The van der Waals surface area contributed by atoms with Crippen LogP contribution < -0.4 is 16.4 Å². The van der Waals surface area contributed by atoms with E-state index in [4.69, 9.17) is 10.8 Å². The van der Waals surface area contributed by atoms with Crippen LogP contribution in [-0.4, -0.2) is 42.0 Å². The number of benzene rings is 1. The van der Waals surface area contributed by atoms with Gasteiger partial charge in [-0.3, -0.25) is 14.4 Å². The Kier molecular flexibility index (Phi) is 7.69. The van der Waals surface area contributed by atoms with E-state index in [1.54, 1.807) is 0 Å². The van der Waals surface area contributed by atoms with Gasteiger partial charge in [0.05, 0.1) is 6.04 Å². The van der Waals surface area contributed by atoms with Gasteiger partial charge in [0.1, 0.15) is 12.4 Å². The predicted molar refractivity (Wildman–Crippen MR) is 81.2 cm³/mol. The predicted octanol–water partition coefficient (Wildman–Crippen LogP) is 0.254. The van der Waals surface area contributed by atoms with Gasteiger partial charge in [-0.15, -0.1) is 0 Å². The van der Waals surface area contributed by atoms with Gasteiger partial charge in [-0.1, -0.05) is 0 Å². The Labute approximate surface area is 133 Å². The molecule has 0 aromatic heterocycles. The molecule has 0 unspecified atom stereocenters. The summed E-state index contributed by atoms with van der Waals surface area (Å²) in [7, 11) is 0. The van der Waals surface area contributed by atoms with Crippen molar-refractivity contribution in [2.75, 3.05) is 13.1 Å². The number of carboxylic acid groups (broad SMARTS) is 1. The average Bonchev–Trinajstić information content (AvgIpc) is 2.52. The highest BCUT2D eigenvalue weighted by atomic mass is 19.1. The minimum Gasteiger partial charge on any atom is -0.480 e. The van der Waals surface area contributed by atoms with E-state index in [1.165, 1.54) is 24.3 Å². The van der Waals surface area contributed by atoms with Crippen molar-refractivity contribution >= 4 is 17.8 Å². The van der Waals surface area contributed by atoms with Crippen molar-refractivity contribution in [2.24, 2.45) is 5.73 Å². The van der Waals surface area contributed by atoms with Gasteiger partial charge in [0.25, 0.3) is 5.91 Å². The maximum atomic E-state index is 12.7. The molecule has 5 N–H and O–H groups in total. The van der Waals surface area contributed by atoms with Crippen LogP contribution in [0.4, 0.5) is 4.39 Å². The number of nitrogens with two attached hydrogens (primary N) is 1. The van der Waals surface area contributed by atoms with Crippen LogP contribution in [0.15, 0.2) is 24.3 Å². The number of rotatable bonds is 9. The molecule has 23 heavy (non-hydrogen) atoms. The summed E-state index contributed by atoms with van der Waals surface area (Å²) in [6, 6.07) is 4.44. The van der Waals surface area contributed by atoms with Crippen LogP contribution in [-0.2, 0) is 9.59 Å². The summed E-state index contributed by atoms with van der Waals surface area (Å²) in [4.78, 5) is 33.5. The zero-order valence-corrected chi connectivity index (χ0v) is 12.5. The zero-order valence-electron chi connectivity index (χ0n) is 12.5. The lowest BCUT2D eigenvalue weighted by Crippen LogP contribution is -2.42. The number of nitrogens with one attached hydrogen (secondary N) is 2. The van der Waals surface area contributed by atoms with Crippen molar-refractivity contribution in [3.8, 4) is 0 Å². The Hall–Kier alpha value is -2.48. The number of aliphatic carboxylic acids is 1. The highest BCUT2D eigenvalue weighted by Gasteiger charge is 2.13. The fraction of sp³-hybridized carbons (Fsp3) is 0.400. The van der Waals surface area contributed by atoms with E-state index in [0.717, 1.165) is 0 Å². The molecule has 0 saturated carbocycles. The number of hydrogen-bond donors (Lipinski definition) is 4. The maximum absolute atomic E-state index is 12.7. The molecule has 126 valence electrons. The smallest absolute Gasteiger partial charge is 0.322 e. The first kappa shape index (κ1) is 18.6. The minimum absolute atomic E-state index is 0.298. The highest BCUT2D eigenvalue weighted by molar-refractivity contribution is 5.94. The summed E-state index contributed by atoms with van der Waals surface area (Å²) in [5, 5.41) is 13.3. The van der Waals surface area contributed by atoms with Crippen molar-refractivity contribution in [2.45, 2.75) is 25.3 Å². The van der Waals surface area contributed by atoms with Gasteiger partial charge >= 0.3 is 5.97 Å². The minimum atomic E-state index is -1.13. The molecule has 0 saturated heterocycles. The largest absolute Gasteiger partial charge is 0.480 e. The molecule has 1 atom stereocenters. The molecular weight excluding hydrogens is 305 g/mol. The van der Waals surface area contributed by atoms with Crippen molar-refractivity contribution in [3.63, 3.8) is 0 Å². The molecule has 2 amide bonds. The molecule has 0 aliphatic heterocycles. The Morgan fingerprint density at radius 1 is 1.13 bits per heavy atom. The molecule has 0 heterocycles. The lowest BCUT2D eigenvalue weighted by molar-refractivity contribution is -0.138. The molecule has 0 fully saturated rings. The topological polar surface area (TPSA) is 122 Å². The molecule has 8 heteroatoms. The van der Waals surface area contributed by atoms with Crippen molar-refractivity contribution in [1.82, 2.24) is 10.6 Å². The van der Waals surface area contributed by atoms with Crippen molar-refractivity contribution < 1.29 is 23.9 Å². The van der Waals surface area contributed by atoms with E-state index in [1.807, 2.05) is 0 Å². The summed E-state index contributed by atoms with van der Waals surface area (Å²) < 4.78 is 12.7. The molecule has 7 nitrogen and oxygen atoms in total. The van der Waals surface area contributed by atoms with E-state index in [0.29, 0.717) is 31.4 Å². The average molecular weight is 325 g/mol. The standard InChI is InChI=1S/C15H20FN3O4/c16-11-6-4-10(5-7-11)14(22)18-8-2-1-3-12(17)15(23)19-9-13(20)21/h4-7,12H,1-3,8-9,17H2,(H,18,22)(H,19,23)(H,20,21)/t12-/m1/s1. The van der Waals surface area contributed by atoms with Gasteiger partial charge in [-0.05, 0) is 43.5 Å². The van der Waals surface area contributed by atoms with E-state index < -0.39 is 30.3 Å². The van der Waals surface area contributed by atoms with E-state index in [9.17, 15) is 18.8 Å². The summed E-state index contributed by atoms with van der Waals surface area (Å²) in [6.45, 7) is -0.0556. The number of amides is 2. The number of carbonyl (C=O) groups is 3. The molecule has 1 aromatic carbocycles. The second kappa shape index (κ2) is 9.52. The first-order valence-electron chi connectivity index (χ1n) is 7.19. The second-order valence-electron chi connectivity index (χ2n) is 4.98. The SMILES string of the molecule is N[C@H](CCCCNC(=O)c1ccc(F)cc1)C(=O)NCC(=O)O. The fourth-order valence-corrected chi connectivity index (χ4v) is 1.82. The third-order valence-corrected chi connectivity index (χ3v) is 3.08. The number of hydrogen-bond acceptors (Lipinski definition) is 4. The van der Waals surface area contributed by atoms with Gasteiger partial charge < -0.3 is 21.5 Å². The molecule has 1 aromatic rings. The van der Waals surface area contributed by atoms with Crippen LogP contribution in [0.1, 0.15) is 29.6 Å². The van der Waals surface area contributed by atoms with Gasteiger partial charge in [-0.25, -0.2) is 4.39 Å². The van der Waals surface area contributed by atoms with Crippen LogP contribution in [0.25, 0.3) is 0 Å². The van der Waals surface area contributed by atoms with Crippen LogP contribution >= 0.6 is 0 Å². The molecule has 0 aliphatic rings.